The van der Waals surface area contributed by atoms with Crippen LogP contribution in [-0.2, 0) is 24.3 Å². The van der Waals surface area contributed by atoms with Crippen LogP contribution in [0.3, 0.4) is 0 Å². The maximum Gasteiger partial charge on any atom is 0.324 e. The number of methoxy groups -OCH3 is 1. The molecule has 7 nitrogen and oxygen atoms in total. The molecule has 0 radical (unpaired) electrons. The quantitative estimate of drug-likeness (QED) is 0.661. The van der Waals surface area contributed by atoms with E-state index in [9.17, 15) is 18.0 Å². The molecule has 0 saturated carbocycles. The van der Waals surface area contributed by atoms with E-state index in [0.29, 0.717) is 0 Å². The molecule has 0 amide bonds. The number of aliphatic carboxylic acids is 1. The minimum atomic E-state index is -4.01. The van der Waals surface area contributed by atoms with E-state index in [4.69, 9.17) is 5.11 Å². The molecular weight excluding hydrogens is 250 g/mol. The van der Waals surface area contributed by atoms with Crippen molar-refractivity contribution in [2.45, 2.75) is 26.3 Å². The summed E-state index contributed by atoms with van der Waals surface area (Å²) >= 11 is 0. The Kier molecular flexibility index (Phi) is 5.09. The van der Waals surface area contributed by atoms with Crippen molar-refractivity contribution in [3.05, 3.63) is 0 Å². The molecule has 0 aliphatic rings. The van der Waals surface area contributed by atoms with Crippen molar-refractivity contribution >= 4 is 22.0 Å². The van der Waals surface area contributed by atoms with Gasteiger partial charge in [-0.25, -0.2) is 8.42 Å². The van der Waals surface area contributed by atoms with Gasteiger partial charge in [-0.1, -0.05) is 6.92 Å². The lowest BCUT2D eigenvalue weighted by Crippen LogP contribution is -2.54. The smallest absolute Gasteiger partial charge is 0.324 e. The van der Waals surface area contributed by atoms with Crippen molar-refractivity contribution in [1.82, 2.24) is 4.31 Å². The fourth-order valence-electron chi connectivity index (χ4n) is 1.33. The van der Waals surface area contributed by atoms with Crippen LogP contribution < -0.4 is 0 Å². The molecule has 0 bridgehead atoms. The van der Waals surface area contributed by atoms with Crippen LogP contribution in [0.15, 0.2) is 0 Å². The summed E-state index contributed by atoms with van der Waals surface area (Å²) in [6, 6.07) is 0. The Hall–Kier alpha value is -1.15. The van der Waals surface area contributed by atoms with Crippen LogP contribution in [0, 0.1) is 0 Å². The molecule has 0 spiro atoms. The van der Waals surface area contributed by atoms with Crippen molar-refractivity contribution in [3.8, 4) is 0 Å². The fraction of sp³-hybridized carbons (Fsp3) is 0.778. The summed E-state index contributed by atoms with van der Waals surface area (Å²) < 4.78 is 28.7. The number of carboxylic acid groups (broad SMARTS) is 1. The number of likely N-dealkylation sites (N-methyl/N-ethyl adjacent to an activating group) is 1. The molecule has 0 aromatic carbocycles. The van der Waals surface area contributed by atoms with Crippen molar-refractivity contribution in [2.24, 2.45) is 0 Å². The third-order valence-electron chi connectivity index (χ3n) is 2.30. The zero-order chi connectivity index (χ0) is 13.9. The zero-order valence-electron chi connectivity index (χ0n) is 10.3. The zero-order valence-corrected chi connectivity index (χ0v) is 11.1. The molecule has 0 aromatic heterocycles. The average molecular weight is 267 g/mol. The number of carbonyl (C=O) groups is 2. The topological polar surface area (TPSA) is 101 Å². The third kappa shape index (κ3) is 3.67. The Morgan fingerprint density at radius 1 is 1.35 bits per heavy atom. The van der Waals surface area contributed by atoms with E-state index in [0.717, 1.165) is 11.4 Å². The molecule has 8 heteroatoms. The number of hydrogen-bond donors (Lipinski definition) is 1. The minimum Gasteiger partial charge on any atom is -0.480 e. The van der Waals surface area contributed by atoms with Crippen molar-refractivity contribution in [1.29, 1.82) is 0 Å². The number of nitrogens with zero attached hydrogens (tertiary/aromatic N) is 1. The van der Waals surface area contributed by atoms with E-state index in [1.165, 1.54) is 20.8 Å². The second kappa shape index (κ2) is 5.46. The third-order valence-corrected chi connectivity index (χ3v) is 4.28. The van der Waals surface area contributed by atoms with Crippen molar-refractivity contribution in [2.75, 3.05) is 19.4 Å². The van der Waals surface area contributed by atoms with Gasteiger partial charge in [0.15, 0.2) is 5.75 Å². The van der Waals surface area contributed by atoms with E-state index in [2.05, 4.69) is 4.74 Å². The molecule has 0 atom stereocenters. The summed E-state index contributed by atoms with van der Waals surface area (Å²) in [6.07, 6.45) is 0. The van der Waals surface area contributed by atoms with Crippen molar-refractivity contribution in [3.63, 3.8) is 0 Å². The summed E-state index contributed by atoms with van der Waals surface area (Å²) in [7, 11) is -2.94. The molecule has 0 rings (SSSR count). The molecule has 0 aliphatic heterocycles. The van der Waals surface area contributed by atoms with E-state index >= 15 is 0 Å². The van der Waals surface area contributed by atoms with Crippen LogP contribution in [0.25, 0.3) is 0 Å². The lowest BCUT2D eigenvalue weighted by Gasteiger charge is -2.32. The first kappa shape index (κ1) is 15.9. The molecule has 0 fully saturated rings. The summed E-state index contributed by atoms with van der Waals surface area (Å²) in [5.74, 6) is -3.08. The lowest BCUT2D eigenvalue weighted by atomic mass is 10.1. The van der Waals surface area contributed by atoms with E-state index in [1.807, 2.05) is 0 Å². The Balaban J connectivity index is 5.27. The molecule has 100 valence electrons. The van der Waals surface area contributed by atoms with Gasteiger partial charge >= 0.3 is 11.9 Å². The van der Waals surface area contributed by atoms with E-state index in [1.54, 1.807) is 0 Å². The van der Waals surface area contributed by atoms with Crippen LogP contribution in [0.1, 0.15) is 20.8 Å². The lowest BCUT2D eigenvalue weighted by molar-refractivity contribution is -0.146. The van der Waals surface area contributed by atoms with E-state index < -0.39 is 33.3 Å². The second-order valence-corrected chi connectivity index (χ2v) is 5.75. The van der Waals surface area contributed by atoms with Gasteiger partial charge in [0, 0.05) is 6.54 Å². The summed E-state index contributed by atoms with van der Waals surface area (Å²) in [6.45, 7) is 3.97. The average Bonchev–Trinajstić information content (AvgIpc) is 2.16. The second-order valence-electron chi connectivity index (χ2n) is 3.86. The first-order valence-electron chi connectivity index (χ1n) is 4.90. The monoisotopic (exact) mass is 267 g/mol. The number of rotatable bonds is 6. The standard InChI is InChI=1S/C9H17NO6S/c1-5-10(9(2,3)8(12)13)17(14,15)6-7(11)16-4/h5-6H2,1-4H3,(H,12,13). The highest BCUT2D eigenvalue weighted by atomic mass is 32.2. The SMILES string of the molecule is CCN(C(C)(C)C(=O)O)S(=O)(=O)CC(=O)OC. The molecule has 0 saturated heterocycles. The van der Waals surface area contributed by atoms with Crippen molar-refractivity contribution < 1.29 is 27.9 Å². The molecular formula is C9H17NO6S. The van der Waals surface area contributed by atoms with E-state index in [-0.39, 0.29) is 6.54 Å². The predicted octanol–water partition coefficient (Wildman–Crippen LogP) is -0.326. The van der Waals surface area contributed by atoms with Gasteiger partial charge in [-0.05, 0) is 13.8 Å². The maximum absolute atomic E-state index is 11.8. The normalized spacial score (nSPS) is 12.5. The van der Waals surface area contributed by atoms with Crippen LogP contribution in [0.5, 0.6) is 0 Å². The molecule has 0 aromatic rings. The largest absolute Gasteiger partial charge is 0.480 e. The molecule has 0 aliphatic carbocycles. The minimum absolute atomic E-state index is 0.0430. The number of esters is 1. The van der Waals surface area contributed by atoms with Crippen LogP contribution in [-0.4, -0.2) is 54.7 Å². The Bertz CT molecular complexity index is 400. The highest BCUT2D eigenvalue weighted by Crippen LogP contribution is 2.19. The molecule has 0 unspecified atom stereocenters. The highest BCUT2D eigenvalue weighted by Gasteiger charge is 2.41. The summed E-state index contributed by atoms with van der Waals surface area (Å²) in [4.78, 5) is 22.0. The molecule has 17 heavy (non-hydrogen) atoms. The number of carboxylic acids is 1. The molecule has 0 heterocycles. The summed E-state index contributed by atoms with van der Waals surface area (Å²) in [5.41, 5.74) is -1.61. The number of carbonyl (C=O) groups excluding carboxylic acids is 1. The number of sulfonamides is 1. The fourth-order valence-corrected chi connectivity index (χ4v) is 3.07. The van der Waals surface area contributed by atoms with Crippen LogP contribution in [0.4, 0.5) is 0 Å². The Morgan fingerprint density at radius 2 is 1.82 bits per heavy atom. The van der Waals surface area contributed by atoms with Gasteiger partial charge in [0.1, 0.15) is 5.54 Å². The van der Waals surface area contributed by atoms with Gasteiger partial charge in [-0.15, -0.1) is 0 Å². The first-order valence-corrected chi connectivity index (χ1v) is 6.51. The summed E-state index contributed by atoms with van der Waals surface area (Å²) in [5, 5.41) is 8.98. The molecule has 1 N–H and O–H groups in total. The highest BCUT2D eigenvalue weighted by molar-refractivity contribution is 7.89. The predicted molar refractivity (Wildman–Crippen MR) is 59.9 cm³/mol. The number of ether oxygens (including phenoxy) is 1. The van der Waals surface area contributed by atoms with Crippen LogP contribution >= 0.6 is 0 Å². The van der Waals surface area contributed by atoms with Gasteiger partial charge in [-0.2, -0.15) is 4.31 Å². The van der Waals surface area contributed by atoms with Gasteiger partial charge in [-0.3, -0.25) is 9.59 Å². The maximum atomic E-state index is 11.8. The Labute approximate surface area is 100 Å². The first-order chi connectivity index (χ1) is 7.59. The Morgan fingerprint density at radius 3 is 2.12 bits per heavy atom. The van der Waals surface area contributed by atoms with Gasteiger partial charge < -0.3 is 9.84 Å². The number of hydrogen-bond acceptors (Lipinski definition) is 5. The van der Waals surface area contributed by atoms with Gasteiger partial charge in [0.25, 0.3) is 0 Å². The van der Waals surface area contributed by atoms with Gasteiger partial charge in [0.05, 0.1) is 7.11 Å². The van der Waals surface area contributed by atoms with Crippen LogP contribution in [0.2, 0.25) is 0 Å². The van der Waals surface area contributed by atoms with Gasteiger partial charge in [0.2, 0.25) is 10.0 Å².